The Balaban J connectivity index is 1.55. The van der Waals surface area contributed by atoms with Gasteiger partial charge in [-0.15, -0.1) is 0 Å². The van der Waals surface area contributed by atoms with Gasteiger partial charge < -0.3 is 14.7 Å². The average Bonchev–Trinajstić information content (AvgIpc) is 2.98. The molecule has 0 aliphatic carbocycles. The first kappa shape index (κ1) is 26.7. The van der Waals surface area contributed by atoms with Crippen LogP contribution in [0.5, 0.6) is 5.75 Å². The van der Waals surface area contributed by atoms with E-state index >= 15 is 0 Å². The summed E-state index contributed by atoms with van der Waals surface area (Å²) in [4.78, 5) is 16.1. The summed E-state index contributed by atoms with van der Waals surface area (Å²) in [5.41, 5.74) is -0.0332. The molecular weight excluding hydrogens is 508 g/mol. The maximum absolute atomic E-state index is 14.3. The number of nitriles is 1. The molecule has 0 radical (unpaired) electrons. The monoisotopic (exact) mass is 538 g/mol. The number of nitrogens with zero attached hydrogens (tertiary/aromatic N) is 2. The summed E-state index contributed by atoms with van der Waals surface area (Å²) in [5, 5.41) is 24.7. The quantitative estimate of drug-likeness (QED) is 0.297. The van der Waals surface area contributed by atoms with Crippen LogP contribution < -0.4 is 4.74 Å². The van der Waals surface area contributed by atoms with E-state index in [-0.39, 0.29) is 5.91 Å². The van der Waals surface area contributed by atoms with Gasteiger partial charge in [0.15, 0.2) is 0 Å². The molecule has 0 saturated carbocycles. The predicted molar refractivity (Wildman–Crippen MR) is 154 cm³/mol. The molecule has 6 heteroatoms. The summed E-state index contributed by atoms with van der Waals surface area (Å²) in [7, 11) is 1.60. The van der Waals surface area contributed by atoms with E-state index in [1.165, 1.54) is 0 Å². The molecule has 1 N–H and O–H groups in total. The number of aliphatic hydroxyl groups is 1. The minimum absolute atomic E-state index is 0.257. The second kappa shape index (κ2) is 10.7. The Morgan fingerprint density at radius 1 is 0.974 bits per heavy atom. The van der Waals surface area contributed by atoms with Gasteiger partial charge in [-0.25, -0.2) is 0 Å². The van der Waals surface area contributed by atoms with E-state index in [1.807, 2.05) is 78.9 Å². The lowest BCUT2D eigenvalue weighted by atomic mass is 9.68. The molecule has 5 nitrogen and oxygen atoms in total. The Morgan fingerprint density at radius 3 is 2.28 bits per heavy atom. The molecule has 1 amide bonds. The Morgan fingerprint density at radius 2 is 1.59 bits per heavy atom. The molecule has 1 aliphatic rings. The topological polar surface area (TPSA) is 73.6 Å². The van der Waals surface area contributed by atoms with Crippen molar-refractivity contribution in [2.24, 2.45) is 5.41 Å². The first-order chi connectivity index (χ1) is 18.8. The molecule has 0 spiro atoms. The lowest BCUT2D eigenvalue weighted by Gasteiger charge is -2.42. The van der Waals surface area contributed by atoms with Crippen molar-refractivity contribution in [1.82, 2.24) is 4.90 Å². The SMILES string of the molecule is COc1ccccc1C(c1cccc2ccccc12)[C@@](C)(C#N)C(=O)N1CCC(O)(c2ccc(Cl)cc2)CC1. The highest BCUT2D eigenvalue weighted by atomic mass is 35.5. The Bertz CT molecular complexity index is 1530. The number of methoxy groups -OCH3 is 1. The zero-order valence-electron chi connectivity index (χ0n) is 22.1. The van der Waals surface area contributed by atoms with Crippen molar-refractivity contribution in [2.75, 3.05) is 20.2 Å². The highest BCUT2D eigenvalue weighted by Crippen LogP contribution is 2.48. The molecule has 198 valence electrons. The van der Waals surface area contributed by atoms with Crippen LogP contribution in [0.2, 0.25) is 5.02 Å². The molecule has 0 aromatic heterocycles. The molecule has 2 atom stereocenters. The number of halogens is 1. The normalized spacial score (nSPS) is 17.2. The highest BCUT2D eigenvalue weighted by Gasteiger charge is 2.49. The second-order valence-corrected chi connectivity index (χ2v) is 10.8. The highest BCUT2D eigenvalue weighted by molar-refractivity contribution is 6.30. The zero-order valence-corrected chi connectivity index (χ0v) is 22.9. The molecule has 1 fully saturated rings. The number of carbonyl (C=O) groups is 1. The summed E-state index contributed by atoms with van der Waals surface area (Å²) in [6, 6.07) is 31.2. The lowest BCUT2D eigenvalue weighted by Crippen LogP contribution is -2.51. The van der Waals surface area contributed by atoms with Gasteiger partial charge in [0.25, 0.3) is 0 Å². The van der Waals surface area contributed by atoms with Gasteiger partial charge in [0.2, 0.25) is 5.91 Å². The van der Waals surface area contributed by atoms with Crippen LogP contribution in [0.3, 0.4) is 0 Å². The van der Waals surface area contributed by atoms with E-state index in [0.29, 0.717) is 36.7 Å². The van der Waals surface area contributed by atoms with E-state index in [2.05, 4.69) is 6.07 Å². The molecule has 1 unspecified atom stereocenters. The Kier molecular flexibility index (Phi) is 7.36. The summed E-state index contributed by atoms with van der Waals surface area (Å²) in [5.74, 6) is -0.221. The van der Waals surface area contributed by atoms with E-state index < -0.39 is 16.9 Å². The molecule has 1 heterocycles. The van der Waals surface area contributed by atoms with Crippen LogP contribution in [0, 0.1) is 16.7 Å². The summed E-state index contributed by atoms with van der Waals surface area (Å²) >= 11 is 6.04. The number of hydrogen-bond acceptors (Lipinski definition) is 4. The lowest BCUT2D eigenvalue weighted by molar-refractivity contribution is -0.143. The van der Waals surface area contributed by atoms with Crippen molar-refractivity contribution >= 4 is 28.3 Å². The van der Waals surface area contributed by atoms with Crippen molar-refractivity contribution in [3.8, 4) is 11.8 Å². The molecule has 0 bridgehead atoms. The van der Waals surface area contributed by atoms with Crippen molar-refractivity contribution in [3.63, 3.8) is 0 Å². The molecule has 39 heavy (non-hydrogen) atoms. The largest absolute Gasteiger partial charge is 0.496 e. The standard InChI is InChI=1S/C33H31ClN2O3/c1-32(22-35,31(37)36-20-18-33(38,19-21-36)24-14-16-25(34)17-15-24)30(28-11-5-6-13-29(28)39-2)27-12-7-9-23-8-3-4-10-26(23)27/h3-17,30,38H,18-21H2,1-2H3/t30?,32-/m1/s1. The van der Waals surface area contributed by atoms with Crippen LogP contribution in [-0.2, 0) is 10.4 Å². The van der Waals surface area contributed by atoms with Crippen LogP contribution in [0.1, 0.15) is 42.4 Å². The summed E-state index contributed by atoms with van der Waals surface area (Å²) in [6.07, 6.45) is 0.741. The third-order valence-corrected chi connectivity index (χ3v) is 8.35. The fraction of sp³-hybridized carbons (Fsp3) is 0.273. The number of rotatable bonds is 6. The number of ether oxygens (including phenoxy) is 1. The van der Waals surface area contributed by atoms with Crippen molar-refractivity contribution < 1.29 is 14.6 Å². The molecular formula is C33H31ClN2O3. The average molecular weight is 539 g/mol. The fourth-order valence-corrected chi connectivity index (χ4v) is 6.02. The number of amides is 1. The van der Waals surface area contributed by atoms with Gasteiger partial charge >= 0.3 is 0 Å². The molecule has 1 aliphatic heterocycles. The van der Waals surface area contributed by atoms with Gasteiger partial charge in [-0.1, -0.05) is 84.4 Å². The van der Waals surface area contributed by atoms with Crippen LogP contribution >= 0.6 is 11.6 Å². The number of para-hydroxylation sites is 1. The summed E-state index contributed by atoms with van der Waals surface area (Å²) in [6.45, 7) is 2.40. The van der Waals surface area contributed by atoms with E-state index in [9.17, 15) is 15.2 Å². The number of carbonyl (C=O) groups excluding carboxylic acids is 1. The van der Waals surface area contributed by atoms with Gasteiger partial charge in [-0.2, -0.15) is 5.26 Å². The third kappa shape index (κ3) is 4.87. The van der Waals surface area contributed by atoms with Crippen LogP contribution in [-0.4, -0.2) is 36.1 Å². The number of fused-ring (bicyclic) bond motifs is 1. The minimum Gasteiger partial charge on any atom is -0.496 e. The number of benzene rings is 4. The maximum Gasteiger partial charge on any atom is 0.243 e. The Hall–Kier alpha value is -3.85. The molecule has 5 rings (SSSR count). The minimum atomic E-state index is -1.44. The molecule has 1 saturated heterocycles. The number of piperidine rings is 1. The molecule has 4 aromatic rings. The van der Waals surface area contributed by atoms with Crippen LogP contribution in [0.15, 0.2) is 91.0 Å². The first-order valence-electron chi connectivity index (χ1n) is 13.1. The first-order valence-corrected chi connectivity index (χ1v) is 13.5. The number of hydrogen-bond donors (Lipinski definition) is 1. The summed E-state index contributed by atoms with van der Waals surface area (Å²) < 4.78 is 5.73. The predicted octanol–water partition coefficient (Wildman–Crippen LogP) is 6.67. The smallest absolute Gasteiger partial charge is 0.243 e. The zero-order chi connectivity index (χ0) is 27.6. The number of likely N-dealkylation sites (tertiary alicyclic amines) is 1. The maximum atomic E-state index is 14.3. The van der Waals surface area contributed by atoms with Gasteiger partial charge in [-0.3, -0.25) is 4.79 Å². The van der Waals surface area contributed by atoms with Crippen molar-refractivity contribution in [1.29, 1.82) is 5.26 Å². The van der Waals surface area contributed by atoms with E-state index in [1.54, 1.807) is 31.1 Å². The molecule has 4 aromatic carbocycles. The van der Waals surface area contributed by atoms with Gasteiger partial charge in [0.05, 0.1) is 18.8 Å². The van der Waals surface area contributed by atoms with Gasteiger partial charge in [0.1, 0.15) is 11.2 Å². The van der Waals surface area contributed by atoms with Crippen molar-refractivity contribution in [3.05, 3.63) is 113 Å². The Labute approximate surface area is 234 Å². The fourth-order valence-electron chi connectivity index (χ4n) is 5.89. The van der Waals surface area contributed by atoms with Crippen LogP contribution in [0.4, 0.5) is 0 Å². The van der Waals surface area contributed by atoms with Gasteiger partial charge in [-0.05, 0) is 59.9 Å². The third-order valence-electron chi connectivity index (χ3n) is 8.10. The van der Waals surface area contributed by atoms with Crippen LogP contribution in [0.25, 0.3) is 10.8 Å². The van der Waals surface area contributed by atoms with Gasteiger partial charge in [0, 0.05) is 29.6 Å². The second-order valence-electron chi connectivity index (χ2n) is 10.4. The van der Waals surface area contributed by atoms with E-state index in [0.717, 1.165) is 27.5 Å². The van der Waals surface area contributed by atoms with Crippen molar-refractivity contribution in [2.45, 2.75) is 31.3 Å². The van der Waals surface area contributed by atoms with E-state index in [4.69, 9.17) is 16.3 Å².